The number of rotatable bonds is 3. The van der Waals surface area contributed by atoms with Crippen LogP contribution in [0.4, 0.5) is 5.69 Å². The fraction of sp³-hybridized carbons (Fsp3) is 0.182. The molecule has 1 saturated heterocycles. The fourth-order valence-electron chi connectivity index (χ4n) is 1.34. The SMILES string of the molecule is CC1S/C(=N/N=C\c2ccc([N+](=O)[O-])cc2)NC1=O. The van der Waals surface area contributed by atoms with Gasteiger partial charge in [-0.2, -0.15) is 5.10 Å². The van der Waals surface area contributed by atoms with Crippen LogP contribution in [0.3, 0.4) is 0 Å². The lowest BCUT2D eigenvalue weighted by molar-refractivity contribution is -0.384. The molecule has 1 heterocycles. The van der Waals surface area contributed by atoms with Gasteiger partial charge >= 0.3 is 0 Å². The van der Waals surface area contributed by atoms with E-state index in [1.54, 1.807) is 19.1 Å². The van der Waals surface area contributed by atoms with Crippen LogP contribution in [0.15, 0.2) is 34.5 Å². The third-order valence-electron chi connectivity index (χ3n) is 2.35. The van der Waals surface area contributed by atoms with Gasteiger partial charge in [0.2, 0.25) is 5.91 Å². The van der Waals surface area contributed by atoms with Crippen LogP contribution in [0.5, 0.6) is 0 Å². The van der Waals surface area contributed by atoms with Crippen molar-refractivity contribution in [1.82, 2.24) is 5.32 Å². The Hall–Kier alpha value is -2.22. The first kappa shape index (κ1) is 13.2. The predicted octanol–water partition coefficient (Wildman–Crippen LogP) is 1.54. The average Bonchev–Trinajstić information content (AvgIpc) is 2.69. The largest absolute Gasteiger partial charge is 0.303 e. The zero-order valence-corrected chi connectivity index (χ0v) is 10.8. The van der Waals surface area contributed by atoms with E-state index in [4.69, 9.17) is 0 Å². The Labute approximate surface area is 112 Å². The summed E-state index contributed by atoms with van der Waals surface area (Å²) in [6.45, 7) is 1.78. The standard InChI is InChI=1S/C11H10N4O3S/c1-7-10(16)13-11(19-7)14-12-6-8-2-4-9(5-3-8)15(17)18/h2-7H,1H3,(H,13,14,16)/b12-6-. The van der Waals surface area contributed by atoms with Crippen LogP contribution in [-0.2, 0) is 4.79 Å². The molecule has 1 atom stereocenters. The van der Waals surface area contributed by atoms with Gasteiger partial charge in [0.15, 0.2) is 5.17 Å². The third-order valence-corrected chi connectivity index (χ3v) is 3.32. The van der Waals surface area contributed by atoms with E-state index >= 15 is 0 Å². The number of carbonyl (C=O) groups excluding carboxylic acids is 1. The molecule has 0 radical (unpaired) electrons. The second-order valence-electron chi connectivity index (χ2n) is 3.75. The van der Waals surface area contributed by atoms with Crippen LogP contribution in [0, 0.1) is 10.1 Å². The minimum atomic E-state index is -0.465. The molecule has 0 spiro atoms. The molecule has 7 nitrogen and oxygen atoms in total. The molecule has 1 unspecified atom stereocenters. The maximum Gasteiger partial charge on any atom is 0.269 e. The zero-order valence-electron chi connectivity index (χ0n) is 9.94. The van der Waals surface area contributed by atoms with Gasteiger partial charge < -0.3 is 5.32 Å². The maximum absolute atomic E-state index is 11.2. The Balaban J connectivity index is 2.01. The van der Waals surface area contributed by atoms with Crippen molar-refractivity contribution in [2.45, 2.75) is 12.2 Å². The highest BCUT2D eigenvalue weighted by Gasteiger charge is 2.25. The molecule has 1 amide bonds. The van der Waals surface area contributed by atoms with Gasteiger partial charge in [0.05, 0.1) is 16.4 Å². The quantitative estimate of drug-likeness (QED) is 0.515. The zero-order chi connectivity index (χ0) is 13.8. The van der Waals surface area contributed by atoms with Crippen molar-refractivity contribution in [1.29, 1.82) is 0 Å². The Morgan fingerprint density at radius 1 is 1.42 bits per heavy atom. The highest BCUT2D eigenvalue weighted by atomic mass is 32.2. The summed E-state index contributed by atoms with van der Waals surface area (Å²) in [6.07, 6.45) is 1.46. The summed E-state index contributed by atoms with van der Waals surface area (Å²) in [5.41, 5.74) is 0.716. The number of hydrogen-bond acceptors (Lipinski definition) is 6. The number of nitrogens with zero attached hydrogens (tertiary/aromatic N) is 3. The number of amides is 1. The molecule has 1 aliphatic rings. The van der Waals surface area contributed by atoms with E-state index in [2.05, 4.69) is 15.5 Å². The Morgan fingerprint density at radius 3 is 2.63 bits per heavy atom. The molecule has 1 aromatic carbocycles. The number of hydrogen-bond donors (Lipinski definition) is 1. The minimum Gasteiger partial charge on any atom is -0.303 e. The summed E-state index contributed by atoms with van der Waals surface area (Å²) in [6, 6.07) is 5.93. The molecule has 0 bridgehead atoms. The average molecular weight is 278 g/mol. The molecule has 1 fully saturated rings. The summed E-state index contributed by atoms with van der Waals surface area (Å²) in [7, 11) is 0. The van der Waals surface area contributed by atoms with Crippen molar-refractivity contribution < 1.29 is 9.72 Å². The Kier molecular flexibility index (Phi) is 3.91. The molecule has 0 aromatic heterocycles. The van der Waals surface area contributed by atoms with Gasteiger partial charge in [-0.1, -0.05) is 11.8 Å². The van der Waals surface area contributed by atoms with Crippen LogP contribution in [0.25, 0.3) is 0 Å². The summed E-state index contributed by atoms with van der Waals surface area (Å²) < 4.78 is 0. The van der Waals surface area contributed by atoms with Crippen LogP contribution in [-0.4, -0.2) is 27.5 Å². The summed E-state index contributed by atoms with van der Waals surface area (Å²) in [5, 5.41) is 21.0. The lowest BCUT2D eigenvalue weighted by atomic mass is 10.2. The molecule has 0 aliphatic carbocycles. The smallest absolute Gasteiger partial charge is 0.269 e. The Morgan fingerprint density at radius 2 is 2.11 bits per heavy atom. The number of amidine groups is 1. The summed E-state index contributed by atoms with van der Waals surface area (Å²) in [4.78, 5) is 21.2. The number of nitrogens with one attached hydrogen (secondary N) is 1. The first-order valence-corrected chi connectivity index (χ1v) is 6.27. The van der Waals surface area contributed by atoms with Crippen molar-refractivity contribution >= 4 is 34.7 Å². The number of thioether (sulfide) groups is 1. The van der Waals surface area contributed by atoms with E-state index in [1.807, 2.05) is 0 Å². The highest BCUT2D eigenvalue weighted by molar-refractivity contribution is 8.15. The van der Waals surface area contributed by atoms with Gasteiger partial charge in [0.1, 0.15) is 0 Å². The third kappa shape index (κ3) is 3.38. The van der Waals surface area contributed by atoms with E-state index in [-0.39, 0.29) is 16.8 Å². The molecule has 8 heteroatoms. The van der Waals surface area contributed by atoms with Crippen molar-refractivity contribution in [2.24, 2.45) is 10.2 Å². The van der Waals surface area contributed by atoms with E-state index in [1.165, 1.54) is 30.1 Å². The van der Waals surface area contributed by atoms with Crippen molar-refractivity contribution in [3.8, 4) is 0 Å². The van der Waals surface area contributed by atoms with Gasteiger partial charge in [-0.05, 0) is 24.6 Å². The molecule has 1 aromatic rings. The second-order valence-corrected chi connectivity index (χ2v) is 5.08. The molecule has 19 heavy (non-hydrogen) atoms. The number of nitro groups is 1. The highest BCUT2D eigenvalue weighted by Crippen LogP contribution is 2.18. The topological polar surface area (TPSA) is 97.0 Å². The molecular weight excluding hydrogens is 268 g/mol. The fourth-order valence-corrected chi connectivity index (χ4v) is 2.09. The van der Waals surface area contributed by atoms with E-state index in [0.717, 1.165) is 0 Å². The summed E-state index contributed by atoms with van der Waals surface area (Å²) >= 11 is 1.30. The predicted molar refractivity (Wildman–Crippen MR) is 73.3 cm³/mol. The number of nitro benzene ring substituents is 1. The molecule has 1 aliphatic heterocycles. The minimum absolute atomic E-state index is 0.0240. The van der Waals surface area contributed by atoms with Gasteiger partial charge in [-0.3, -0.25) is 14.9 Å². The molecule has 98 valence electrons. The van der Waals surface area contributed by atoms with Gasteiger partial charge in [0.25, 0.3) is 5.69 Å². The molecule has 1 N–H and O–H groups in total. The maximum atomic E-state index is 11.2. The lowest BCUT2D eigenvalue weighted by Gasteiger charge is -1.92. The molecule has 2 rings (SSSR count). The number of carbonyl (C=O) groups is 1. The van der Waals surface area contributed by atoms with Gasteiger partial charge in [-0.25, -0.2) is 0 Å². The van der Waals surface area contributed by atoms with E-state index < -0.39 is 4.92 Å². The van der Waals surface area contributed by atoms with E-state index in [0.29, 0.717) is 10.7 Å². The first-order chi connectivity index (χ1) is 9.06. The van der Waals surface area contributed by atoms with Crippen LogP contribution >= 0.6 is 11.8 Å². The monoisotopic (exact) mass is 278 g/mol. The van der Waals surface area contributed by atoms with Crippen LogP contribution < -0.4 is 5.32 Å². The van der Waals surface area contributed by atoms with Crippen LogP contribution in [0.1, 0.15) is 12.5 Å². The number of benzene rings is 1. The van der Waals surface area contributed by atoms with Crippen molar-refractivity contribution in [3.63, 3.8) is 0 Å². The molecular formula is C11H10N4O3S. The number of non-ortho nitro benzene ring substituents is 1. The molecule has 0 saturated carbocycles. The van der Waals surface area contributed by atoms with Gasteiger partial charge in [-0.15, -0.1) is 5.10 Å². The first-order valence-electron chi connectivity index (χ1n) is 5.39. The van der Waals surface area contributed by atoms with E-state index in [9.17, 15) is 14.9 Å². The lowest BCUT2D eigenvalue weighted by Crippen LogP contribution is -2.23. The summed E-state index contributed by atoms with van der Waals surface area (Å²) in [5.74, 6) is -0.0886. The van der Waals surface area contributed by atoms with Gasteiger partial charge in [0, 0.05) is 12.1 Å². The normalized spacial score (nSPS) is 21.0. The second kappa shape index (κ2) is 5.61. The Bertz CT molecular complexity index is 568. The van der Waals surface area contributed by atoms with Crippen LogP contribution in [0.2, 0.25) is 0 Å². The van der Waals surface area contributed by atoms with Crippen molar-refractivity contribution in [2.75, 3.05) is 0 Å². The van der Waals surface area contributed by atoms with Crippen molar-refractivity contribution in [3.05, 3.63) is 39.9 Å².